The van der Waals surface area contributed by atoms with Crippen molar-refractivity contribution in [3.8, 4) is 0 Å². The Morgan fingerprint density at radius 3 is 1.58 bits per heavy atom. The molecular formula is C9H19NNa4O8P2. The van der Waals surface area contributed by atoms with Gasteiger partial charge in [0.2, 0.25) is 0 Å². The van der Waals surface area contributed by atoms with Crippen molar-refractivity contribution in [2.45, 2.75) is 37.7 Å². The number of rotatable bonds is 9. The Balaban J connectivity index is -0.000000301. The molecule has 9 nitrogen and oxygen atoms in total. The maximum absolute atomic E-state index is 11.9. The van der Waals surface area contributed by atoms with E-state index >= 15 is 0 Å². The summed E-state index contributed by atoms with van der Waals surface area (Å²) >= 11 is 0. The summed E-state index contributed by atoms with van der Waals surface area (Å²) in [5.74, 6) is 0. The molecule has 15 heteroatoms. The number of quaternary nitrogens is 1. The summed E-state index contributed by atoms with van der Waals surface area (Å²) in [6.45, 7) is 1.31. The monoisotopic (exact) mass is 423 g/mol. The van der Waals surface area contributed by atoms with Gasteiger partial charge in [0.05, 0.1) is 20.1 Å². The third kappa shape index (κ3) is 13.4. The average Bonchev–Trinajstić information content (AvgIpc) is 2.23. The first-order chi connectivity index (χ1) is 8.77. The van der Waals surface area contributed by atoms with Gasteiger partial charge in [-0.15, -0.1) is 0 Å². The van der Waals surface area contributed by atoms with E-state index in [-0.39, 0.29) is 125 Å². The van der Waals surface area contributed by atoms with Gasteiger partial charge in [-0.2, -0.15) is 0 Å². The third-order valence-electron chi connectivity index (χ3n) is 3.03. The summed E-state index contributed by atoms with van der Waals surface area (Å²) in [7, 11) is -11.1. The first-order valence-electron chi connectivity index (χ1n) is 6.09. The van der Waals surface area contributed by atoms with Crippen LogP contribution in [0.4, 0.5) is 0 Å². The Morgan fingerprint density at radius 1 is 0.917 bits per heavy atom. The van der Waals surface area contributed by atoms with Crippen molar-refractivity contribution in [2.75, 3.05) is 20.1 Å². The van der Waals surface area contributed by atoms with Crippen molar-refractivity contribution in [1.82, 2.24) is 0 Å². The van der Waals surface area contributed by atoms with Crippen molar-refractivity contribution < 1.29 is 157 Å². The zero-order valence-corrected chi connectivity index (χ0v) is 25.2. The van der Waals surface area contributed by atoms with Gasteiger partial charge in [0.15, 0.2) is 0 Å². The van der Waals surface area contributed by atoms with Crippen LogP contribution in [0.1, 0.15) is 32.6 Å². The molecule has 0 saturated heterocycles. The molecule has 1 N–H and O–H groups in total. The fourth-order valence-corrected chi connectivity index (χ4v) is 3.57. The van der Waals surface area contributed by atoms with E-state index < -0.39 is 37.9 Å². The number of nitrogens with zero attached hydrogens (tertiary/aromatic N) is 1. The first-order valence-corrected chi connectivity index (χ1v) is 9.17. The van der Waals surface area contributed by atoms with Gasteiger partial charge in [0.1, 0.15) is 5.08 Å². The molecule has 0 radical (unpaired) electrons. The van der Waals surface area contributed by atoms with Crippen molar-refractivity contribution in [3.05, 3.63) is 5.21 Å². The van der Waals surface area contributed by atoms with Crippen LogP contribution in [0, 0.1) is 5.21 Å². The summed E-state index contributed by atoms with van der Waals surface area (Å²) in [4.78, 5) is 43.3. The number of aliphatic hydroxyl groups is 1. The average molecular weight is 423 g/mol. The Bertz CT molecular complexity index is 394. The number of hydrogen-bond donors (Lipinski definition) is 1. The minimum atomic E-state index is -6.11. The van der Waals surface area contributed by atoms with E-state index in [1.807, 2.05) is 6.92 Å². The summed E-state index contributed by atoms with van der Waals surface area (Å²) in [5, 5.41) is 17.4. The van der Waals surface area contributed by atoms with Gasteiger partial charge in [-0.25, -0.2) is 0 Å². The molecule has 0 rings (SSSR count). The third-order valence-corrected chi connectivity index (χ3v) is 6.70. The topological polar surface area (TPSA) is 170 Å². The van der Waals surface area contributed by atoms with E-state index in [1.165, 1.54) is 0 Å². The Kier molecular flexibility index (Phi) is 25.7. The first kappa shape index (κ1) is 38.7. The smallest absolute Gasteiger partial charge is 0.808 e. The van der Waals surface area contributed by atoms with Crippen LogP contribution < -0.4 is 138 Å². The Morgan fingerprint density at radius 2 is 1.29 bits per heavy atom. The second-order valence-corrected chi connectivity index (χ2v) is 8.79. The molecule has 24 heavy (non-hydrogen) atoms. The maximum atomic E-state index is 11.9. The molecule has 0 aliphatic carbocycles. The van der Waals surface area contributed by atoms with Crippen LogP contribution in [-0.4, -0.2) is 35.0 Å². The standard InChI is InChI=1S/C9H23NO8P2.4Na/c1-3-4-5-7-10(2,12)8-6-9(11,19(13,14)15)20(16,17)18;;;;/h11H,3-8H2,1-2H3,(H2,13,14,15)(H2,16,17,18);;;;/q;4*+1/p-4. The number of hydrogen-bond acceptors (Lipinski definition) is 8. The SMILES string of the molecule is CCCCC[N+](C)([O-])CCC(O)(P(=O)([O-])[O-])P(=O)([O-])[O-].[Na+].[Na+].[Na+].[Na+]. The molecule has 0 aromatic rings. The van der Waals surface area contributed by atoms with Crippen molar-refractivity contribution >= 4 is 15.2 Å². The van der Waals surface area contributed by atoms with Gasteiger partial charge < -0.3 is 43.7 Å². The van der Waals surface area contributed by atoms with Crippen LogP contribution in [0.25, 0.3) is 0 Å². The van der Waals surface area contributed by atoms with Gasteiger partial charge in [0.25, 0.3) is 0 Å². The minimum Gasteiger partial charge on any atom is -0.808 e. The molecule has 0 heterocycles. The second kappa shape index (κ2) is 15.9. The van der Waals surface area contributed by atoms with Crippen molar-refractivity contribution in [1.29, 1.82) is 0 Å². The van der Waals surface area contributed by atoms with E-state index in [0.29, 0.717) is 6.42 Å². The number of hydroxylamine groups is 3. The molecule has 1 unspecified atom stereocenters. The van der Waals surface area contributed by atoms with Crippen LogP contribution in [0.15, 0.2) is 0 Å². The largest absolute Gasteiger partial charge is 1.00 e. The minimum absolute atomic E-state index is 0. The maximum Gasteiger partial charge on any atom is 1.00 e. The predicted molar refractivity (Wildman–Crippen MR) is 63.6 cm³/mol. The fourth-order valence-electron chi connectivity index (χ4n) is 1.62. The van der Waals surface area contributed by atoms with Gasteiger partial charge in [-0.05, 0) is 28.0 Å². The molecule has 0 aromatic heterocycles. The summed E-state index contributed by atoms with van der Waals surface area (Å²) in [6, 6.07) is 0. The summed E-state index contributed by atoms with van der Waals surface area (Å²) in [5.41, 5.74) is 0. The predicted octanol–water partition coefficient (Wildman–Crippen LogP) is -14.0. The molecule has 0 aliphatic rings. The van der Waals surface area contributed by atoms with Crippen LogP contribution in [0.5, 0.6) is 0 Å². The fraction of sp³-hybridized carbons (Fsp3) is 1.00. The van der Waals surface area contributed by atoms with E-state index in [9.17, 15) is 39.0 Å². The van der Waals surface area contributed by atoms with Gasteiger partial charge in [0, 0.05) is 6.42 Å². The Labute approximate surface area is 231 Å². The van der Waals surface area contributed by atoms with E-state index in [4.69, 9.17) is 0 Å². The zero-order chi connectivity index (χ0) is 16.2. The second-order valence-electron chi connectivity index (χ2n) is 4.97. The van der Waals surface area contributed by atoms with Crippen molar-refractivity contribution in [2.24, 2.45) is 0 Å². The van der Waals surface area contributed by atoms with Gasteiger partial charge in [-0.1, -0.05) is 13.3 Å². The van der Waals surface area contributed by atoms with Crippen LogP contribution in [0.2, 0.25) is 0 Å². The summed E-state index contributed by atoms with van der Waals surface area (Å²) < 4.78 is 20.6. The molecule has 1 atom stereocenters. The molecule has 0 aliphatic heterocycles. The van der Waals surface area contributed by atoms with E-state index in [2.05, 4.69) is 0 Å². The Hall–Kier alpha value is 4.18. The molecule has 0 spiro atoms. The van der Waals surface area contributed by atoms with Gasteiger partial charge in [-0.3, -0.25) is 0 Å². The van der Waals surface area contributed by atoms with Gasteiger partial charge >= 0.3 is 118 Å². The van der Waals surface area contributed by atoms with Crippen molar-refractivity contribution in [3.63, 3.8) is 0 Å². The normalized spacial score (nSPS) is 14.2. The molecule has 0 bridgehead atoms. The zero-order valence-electron chi connectivity index (χ0n) is 15.4. The molecule has 122 valence electrons. The van der Waals surface area contributed by atoms with E-state index in [0.717, 1.165) is 19.9 Å². The molecule has 0 aromatic carbocycles. The molecule has 0 amide bonds. The summed E-state index contributed by atoms with van der Waals surface area (Å²) in [6.07, 6.45) is 0.890. The molecular weight excluding hydrogens is 404 g/mol. The van der Waals surface area contributed by atoms with Crippen LogP contribution in [-0.2, 0) is 9.13 Å². The quantitative estimate of drug-likeness (QED) is 0.125. The van der Waals surface area contributed by atoms with Crippen LogP contribution in [0.3, 0.4) is 0 Å². The van der Waals surface area contributed by atoms with E-state index in [1.54, 1.807) is 0 Å². The molecule has 0 saturated carbocycles. The number of unbranched alkanes of at least 4 members (excludes halogenated alkanes) is 2. The van der Waals surface area contributed by atoms with Crippen LogP contribution >= 0.6 is 15.2 Å². The molecule has 0 fully saturated rings.